The molecule has 0 aromatic heterocycles. The highest BCUT2D eigenvalue weighted by Gasteiger charge is 2.43. The second kappa shape index (κ2) is 6.92. The third-order valence-corrected chi connectivity index (χ3v) is 4.27. The van der Waals surface area contributed by atoms with Gasteiger partial charge in [-0.05, 0) is 26.2 Å². The molecule has 4 nitrogen and oxygen atoms in total. The molecule has 2 amide bonds. The van der Waals surface area contributed by atoms with Crippen LogP contribution in [-0.4, -0.2) is 34.8 Å². The Balaban J connectivity index is 2.92. The molecule has 0 aliphatic carbocycles. The first-order valence-electron chi connectivity index (χ1n) is 7.62. The summed E-state index contributed by atoms with van der Waals surface area (Å²) in [5.74, 6) is 0.106. The zero-order valence-corrected chi connectivity index (χ0v) is 12.8. The number of carbonyl (C=O) groups is 2. The molecule has 1 unspecified atom stereocenters. The Bertz CT molecular complexity index is 324. The van der Waals surface area contributed by atoms with Gasteiger partial charge in [0, 0.05) is 19.0 Å². The van der Waals surface area contributed by atoms with Gasteiger partial charge in [0.2, 0.25) is 11.8 Å². The lowest BCUT2D eigenvalue weighted by atomic mass is 9.91. The van der Waals surface area contributed by atoms with Gasteiger partial charge in [0.1, 0.15) is 5.54 Å². The van der Waals surface area contributed by atoms with Crippen molar-refractivity contribution in [2.45, 2.75) is 77.8 Å². The minimum atomic E-state index is -0.686. The lowest BCUT2D eigenvalue weighted by molar-refractivity contribution is -0.140. The molecular formula is C15H28N2O2. The Hall–Kier alpha value is -1.06. The topological polar surface area (TPSA) is 49.4 Å². The molecule has 0 bridgehead atoms. The van der Waals surface area contributed by atoms with Crippen LogP contribution in [0.4, 0.5) is 0 Å². The lowest BCUT2D eigenvalue weighted by Crippen LogP contribution is -2.57. The van der Waals surface area contributed by atoms with E-state index < -0.39 is 5.54 Å². The standard InChI is InChI=1S/C15H28N2O2/c1-5-8-9-10-17-12(4)11-13(18)16-15(6-2,7-3)14(17)19/h12H,5-11H2,1-4H3,(H,16,18). The Morgan fingerprint density at radius 3 is 2.37 bits per heavy atom. The summed E-state index contributed by atoms with van der Waals surface area (Å²) in [4.78, 5) is 26.7. The van der Waals surface area contributed by atoms with Crippen LogP contribution >= 0.6 is 0 Å². The number of unbranched alkanes of at least 4 members (excludes halogenated alkanes) is 2. The summed E-state index contributed by atoms with van der Waals surface area (Å²) in [5.41, 5.74) is -0.686. The fourth-order valence-electron chi connectivity index (χ4n) is 2.81. The fraction of sp³-hybridized carbons (Fsp3) is 0.867. The van der Waals surface area contributed by atoms with Crippen LogP contribution < -0.4 is 5.32 Å². The van der Waals surface area contributed by atoms with Crippen LogP contribution in [0.25, 0.3) is 0 Å². The second-order valence-corrected chi connectivity index (χ2v) is 5.60. The summed E-state index contributed by atoms with van der Waals surface area (Å²) in [5, 5.41) is 2.96. The molecule has 1 atom stereocenters. The smallest absolute Gasteiger partial charge is 0.248 e. The van der Waals surface area contributed by atoms with Gasteiger partial charge in [-0.2, -0.15) is 0 Å². The fourth-order valence-corrected chi connectivity index (χ4v) is 2.81. The summed E-state index contributed by atoms with van der Waals surface area (Å²) in [6.07, 6.45) is 5.02. The molecule has 110 valence electrons. The molecule has 4 heteroatoms. The minimum absolute atomic E-state index is 0.00235. The largest absolute Gasteiger partial charge is 0.342 e. The van der Waals surface area contributed by atoms with Gasteiger partial charge in [-0.15, -0.1) is 0 Å². The summed E-state index contributed by atoms with van der Waals surface area (Å²) >= 11 is 0. The maximum Gasteiger partial charge on any atom is 0.248 e. The minimum Gasteiger partial charge on any atom is -0.342 e. The van der Waals surface area contributed by atoms with Crippen molar-refractivity contribution < 1.29 is 9.59 Å². The van der Waals surface area contributed by atoms with Crippen molar-refractivity contribution in [2.75, 3.05) is 6.54 Å². The normalized spacial score (nSPS) is 23.2. The first-order valence-corrected chi connectivity index (χ1v) is 7.62. The van der Waals surface area contributed by atoms with E-state index in [0.29, 0.717) is 19.3 Å². The zero-order valence-electron chi connectivity index (χ0n) is 12.8. The molecular weight excluding hydrogens is 240 g/mol. The van der Waals surface area contributed by atoms with E-state index in [1.807, 2.05) is 25.7 Å². The molecule has 1 saturated heterocycles. The van der Waals surface area contributed by atoms with E-state index in [0.717, 1.165) is 25.8 Å². The number of carbonyl (C=O) groups excluding carboxylic acids is 2. The highest BCUT2D eigenvalue weighted by atomic mass is 16.2. The Labute approximate surface area is 116 Å². The SMILES string of the molecule is CCCCCN1C(=O)C(CC)(CC)NC(=O)CC1C. The first kappa shape index (κ1) is 16.0. The maximum absolute atomic E-state index is 12.8. The van der Waals surface area contributed by atoms with Crippen LogP contribution in [0.2, 0.25) is 0 Å². The molecule has 0 saturated carbocycles. The molecule has 0 aromatic carbocycles. The predicted molar refractivity (Wildman–Crippen MR) is 76.8 cm³/mol. The second-order valence-electron chi connectivity index (χ2n) is 5.60. The number of amides is 2. The molecule has 1 N–H and O–H groups in total. The quantitative estimate of drug-likeness (QED) is 0.752. The van der Waals surface area contributed by atoms with E-state index in [1.165, 1.54) is 0 Å². The number of rotatable bonds is 6. The third-order valence-electron chi connectivity index (χ3n) is 4.27. The van der Waals surface area contributed by atoms with Crippen LogP contribution in [0.3, 0.4) is 0 Å². The summed E-state index contributed by atoms with van der Waals surface area (Å²) in [7, 11) is 0. The lowest BCUT2D eigenvalue weighted by Gasteiger charge is -2.35. The molecule has 19 heavy (non-hydrogen) atoms. The van der Waals surface area contributed by atoms with E-state index >= 15 is 0 Å². The molecule has 0 spiro atoms. The van der Waals surface area contributed by atoms with Gasteiger partial charge in [0.15, 0.2) is 0 Å². The van der Waals surface area contributed by atoms with Gasteiger partial charge in [-0.3, -0.25) is 9.59 Å². The van der Waals surface area contributed by atoms with Crippen LogP contribution in [0, 0.1) is 0 Å². The zero-order chi connectivity index (χ0) is 14.5. The average Bonchev–Trinajstić information content (AvgIpc) is 2.48. The Morgan fingerprint density at radius 2 is 1.84 bits per heavy atom. The van der Waals surface area contributed by atoms with Crippen molar-refractivity contribution in [2.24, 2.45) is 0 Å². The van der Waals surface area contributed by atoms with Gasteiger partial charge in [0.25, 0.3) is 0 Å². The van der Waals surface area contributed by atoms with Crippen molar-refractivity contribution in [3.63, 3.8) is 0 Å². The van der Waals surface area contributed by atoms with Crippen LogP contribution in [0.15, 0.2) is 0 Å². The van der Waals surface area contributed by atoms with Gasteiger partial charge in [-0.1, -0.05) is 33.6 Å². The van der Waals surface area contributed by atoms with E-state index in [4.69, 9.17) is 0 Å². The highest BCUT2D eigenvalue weighted by Crippen LogP contribution is 2.25. The molecule has 1 aliphatic heterocycles. The van der Waals surface area contributed by atoms with Crippen molar-refractivity contribution in [1.82, 2.24) is 10.2 Å². The molecule has 1 aliphatic rings. The Kier molecular flexibility index (Phi) is 5.83. The first-order chi connectivity index (χ1) is 9.00. The Morgan fingerprint density at radius 1 is 1.21 bits per heavy atom. The third kappa shape index (κ3) is 3.48. The number of hydrogen-bond acceptors (Lipinski definition) is 2. The monoisotopic (exact) mass is 268 g/mol. The van der Waals surface area contributed by atoms with Crippen molar-refractivity contribution >= 4 is 11.8 Å². The average molecular weight is 268 g/mol. The van der Waals surface area contributed by atoms with Gasteiger partial charge >= 0.3 is 0 Å². The molecule has 0 radical (unpaired) electrons. The van der Waals surface area contributed by atoms with Gasteiger partial charge in [-0.25, -0.2) is 0 Å². The van der Waals surface area contributed by atoms with Crippen LogP contribution in [0.1, 0.15) is 66.2 Å². The van der Waals surface area contributed by atoms with Gasteiger partial charge in [0.05, 0.1) is 0 Å². The number of hydrogen-bond donors (Lipinski definition) is 1. The van der Waals surface area contributed by atoms with E-state index in [1.54, 1.807) is 0 Å². The van der Waals surface area contributed by atoms with Crippen molar-refractivity contribution in [3.8, 4) is 0 Å². The van der Waals surface area contributed by atoms with Crippen LogP contribution in [0.5, 0.6) is 0 Å². The van der Waals surface area contributed by atoms with E-state index in [2.05, 4.69) is 12.2 Å². The molecule has 1 rings (SSSR count). The maximum atomic E-state index is 12.8. The number of nitrogens with one attached hydrogen (secondary N) is 1. The summed E-state index contributed by atoms with van der Waals surface area (Å²) < 4.78 is 0. The summed E-state index contributed by atoms with van der Waals surface area (Å²) in [6, 6.07) is 0.00401. The predicted octanol–water partition coefficient (Wildman–Crippen LogP) is 2.47. The van der Waals surface area contributed by atoms with E-state index in [-0.39, 0.29) is 17.9 Å². The van der Waals surface area contributed by atoms with Crippen LogP contribution in [-0.2, 0) is 9.59 Å². The van der Waals surface area contributed by atoms with Gasteiger partial charge < -0.3 is 10.2 Å². The van der Waals surface area contributed by atoms with Crippen molar-refractivity contribution in [3.05, 3.63) is 0 Å². The molecule has 0 aromatic rings. The molecule has 1 heterocycles. The summed E-state index contributed by atoms with van der Waals surface area (Å²) in [6.45, 7) is 8.85. The van der Waals surface area contributed by atoms with Crippen molar-refractivity contribution in [1.29, 1.82) is 0 Å². The highest BCUT2D eigenvalue weighted by molar-refractivity contribution is 5.93. The van der Waals surface area contributed by atoms with E-state index in [9.17, 15) is 9.59 Å². The number of nitrogens with zero attached hydrogens (tertiary/aromatic N) is 1. The molecule has 1 fully saturated rings.